The van der Waals surface area contributed by atoms with E-state index in [0.29, 0.717) is 22.0 Å². The first-order chi connectivity index (χ1) is 13.1. The Labute approximate surface area is 160 Å². The van der Waals surface area contributed by atoms with Crippen molar-refractivity contribution in [1.82, 2.24) is 15.5 Å². The first-order valence-corrected chi connectivity index (χ1v) is 9.01. The molecule has 1 aliphatic carbocycles. The summed E-state index contributed by atoms with van der Waals surface area (Å²) in [4.78, 5) is 25.0. The Balaban J connectivity index is 1.53. The van der Waals surface area contributed by atoms with Crippen LogP contribution in [0.25, 0.3) is 11.3 Å². The fourth-order valence-electron chi connectivity index (χ4n) is 2.72. The van der Waals surface area contributed by atoms with Crippen LogP contribution in [0.2, 0.25) is 5.02 Å². The highest BCUT2D eigenvalue weighted by molar-refractivity contribution is 6.33. The largest absolute Gasteiger partial charge is 0.349 e. The molecule has 1 saturated carbocycles. The van der Waals surface area contributed by atoms with Gasteiger partial charge < -0.3 is 10.6 Å². The van der Waals surface area contributed by atoms with Crippen LogP contribution in [-0.4, -0.2) is 28.1 Å². The number of rotatable bonds is 5. The highest BCUT2D eigenvalue weighted by Crippen LogP contribution is 2.26. The average Bonchev–Trinajstić information content (AvgIpc) is 3.34. The lowest BCUT2D eigenvalue weighted by Crippen LogP contribution is -2.27. The topological polar surface area (TPSA) is 86.9 Å². The zero-order valence-corrected chi connectivity index (χ0v) is 15.1. The second kappa shape index (κ2) is 7.25. The molecule has 2 aromatic carbocycles. The van der Waals surface area contributed by atoms with Gasteiger partial charge >= 0.3 is 0 Å². The van der Waals surface area contributed by atoms with Crippen molar-refractivity contribution >= 4 is 29.1 Å². The van der Waals surface area contributed by atoms with E-state index >= 15 is 0 Å². The van der Waals surface area contributed by atoms with Crippen LogP contribution >= 0.6 is 11.6 Å². The Kier molecular flexibility index (Phi) is 4.64. The second-order valence-corrected chi connectivity index (χ2v) is 6.80. The van der Waals surface area contributed by atoms with Crippen LogP contribution in [0.1, 0.15) is 33.7 Å². The summed E-state index contributed by atoms with van der Waals surface area (Å²) < 4.78 is 0. The Morgan fingerprint density at radius 2 is 1.78 bits per heavy atom. The number of halogens is 1. The van der Waals surface area contributed by atoms with Crippen molar-refractivity contribution in [1.29, 1.82) is 0 Å². The van der Waals surface area contributed by atoms with Gasteiger partial charge in [-0.25, -0.2) is 0 Å². The number of hydrogen-bond donors (Lipinski definition) is 3. The maximum absolute atomic E-state index is 12.6. The predicted octanol–water partition coefficient (Wildman–Crippen LogP) is 3.87. The van der Waals surface area contributed by atoms with Crippen molar-refractivity contribution in [2.24, 2.45) is 0 Å². The number of nitrogens with zero attached hydrogens (tertiary/aromatic N) is 1. The summed E-state index contributed by atoms with van der Waals surface area (Å²) in [6.07, 6.45) is 2.00. The summed E-state index contributed by atoms with van der Waals surface area (Å²) in [5.41, 5.74) is 2.48. The number of nitrogens with one attached hydrogen (secondary N) is 3. The van der Waals surface area contributed by atoms with Crippen molar-refractivity contribution < 1.29 is 9.59 Å². The molecular formula is C20H17ClN4O2. The molecule has 0 radical (unpaired) electrons. The molecule has 0 aliphatic heterocycles. The summed E-state index contributed by atoms with van der Waals surface area (Å²) >= 11 is 6.18. The highest BCUT2D eigenvalue weighted by Gasteiger charge is 2.25. The smallest absolute Gasteiger partial charge is 0.273 e. The molecule has 3 N–H and O–H groups in total. The fourth-order valence-corrected chi connectivity index (χ4v) is 2.95. The molecule has 0 unspecified atom stereocenters. The normalized spacial score (nSPS) is 13.2. The van der Waals surface area contributed by atoms with Gasteiger partial charge in [0.25, 0.3) is 11.8 Å². The van der Waals surface area contributed by atoms with E-state index in [2.05, 4.69) is 20.8 Å². The molecule has 4 rings (SSSR count). The molecule has 0 bridgehead atoms. The van der Waals surface area contributed by atoms with E-state index < -0.39 is 0 Å². The number of carbonyl (C=O) groups is 2. The minimum Gasteiger partial charge on any atom is -0.349 e. The minimum atomic E-state index is -0.382. The number of carbonyl (C=O) groups excluding carboxylic acids is 2. The maximum atomic E-state index is 12.6. The van der Waals surface area contributed by atoms with Gasteiger partial charge in [-0.2, -0.15) is 5.10 Å². The summed E-state index contributed by atoms with van der Waals surface area (Å²) in [5.74, 6) is -0.567. The van der Waals surface area contributed by atoms with Crippen LogP contribution in [-0.2, 0) is 0 Å². The van der Waals surface area contributed by atoms with Gasteiger partial charge in [0.2, 0.25) is 0 Å². The van der Waals surface area contributed by atoms with E-state index in [9.17, 15) is 9.59 Å². The highest BCUT2D eigenvalue weighted by atomic mass is 35.5. The first-order valence-electron chi connectivity index (χ1n) is 8.63. The van der Waals surface area contributed by atoms with Crippen molar-refractivity contribution in [3.63, 3.8) is 0 Å². The predicted molar refractivity (Wildman–Crippen MR) is 104 cm³/mol. The number of para-hydroxylation sites is 1. The van der Waals surface area contributed by atoms with Gasteiger partial charge in [-0.15, -0.1) is 0 Å². The van der Waals surface area contributed by atoms with Gasteiger partial charge in [-0.3, -0.25) is 14.7 Å². The van der Waals surface area contributed by atoms with Crippen LogP contribution in [0.3, 0.4) is 0 Å². The molecule has 1 fully saturated rings. The summed E-state index contributed by atoms with van der Waals surface area (Å²) in [5, 5.41) is 13.1. The van der Waals surface area contributed by atoms with E-state index in [4.69, 9.17) is 11.6 Å². The Morgan fingerprint density at radius 3 is 2.56 bits per heavy atom. The fraction of sp³-hybridized carbons (Fsp3) is 0.150. The van der Waals surface area contributed by atoms with Crippen molar-refractivity contribution in [3.05, 3.63) is 70.9 Å². The number of hydrogen-bond acceptors (Lipinski definition) is 3. The summed E-state index contributed by atoms with van der Waals surface area (Å²) in [7, 11) is 0. The molecule has 1 aromatic heterocycles. The molecule has 7 heteroatoms. The van der Waals surface area contributed by atoms with Crippen LogP contribution in [0, 0.1) is 0 Å². The average molecular weight is 381 g/mol. The Morgan fingerprint density at radius 1 is 1.04 bits per heavy atom. The number of H-pyrrole nitrogens is 1. The van der Waals surface area contributed by atoms with Crippen LogP contribution in [0.15, 0.2) is 54.6 Å². The number of anilines is 1. The molecule has 0 spiro atoms. The molecular weight excluding hydrogens is 364 g/mol. The van der Waals surface area contributed by atoms with E-state index in [1.54, 1.807) is 36.4 Å². The standard InChI is InChI=1S/C20H17ClN4O2/c21-15-7-3-1-5-13(15)17-11-18(25-24-17)20(27)23-16-8-4-2-6-14(16)19(26)22-12-9-10-12/h1-8,11-12H,9-10H2,(H,22,26)(H,23,27)(H,24,25). The van der Waals surface area contributed by atoms with E-state index in [1.807, 2.05) is 18.2 Å². The maximum Gasteiger partial charge on any atom is 0.273 e. The number of aromatic nitrogens is 2. The lowest BCUT2D eigenvalue weighted by Gasteiger charge is -2.10. The number of amides is 2. The number of benzene rings is 2. The van der Waals surface area contributed by atoms with Crippen LogP contribution in [0.4, 0.5) is 5.69 Å². The summed E-state index contributed by atoms with van der Waals surface area (Å²) in [6, 6.07) is 16.1. The van der Waals surface area contributed by atoms with E-state index in [0.717, 1.165) is 18.4 Å². The third-order valence-electron chi connectivity index (χ3n) is 4.30. The molecule has 3 aromatic rings. The van der Waals surface area contributed by atoms with Gasteiger partial charge in [0.15, 0.2) is 0 Å². The van der Waals surface area contributed by atoms with Crippen molar-refractivity contribution in [2.75, 3.05) is 5.32 Å². The number of aromatic amines is 1. The SMILES string of the molecule is O=C(Nc1ccccc1C(=O)NC1CC1)c1cc(-c2ccccc2Cl)n[nH]1. The third kappa shape index (κ3) is 3.85. The van der Waals surface area contributed by atoms with Crippen molar-refractivity contribution in [2.45, 2.75) is 18.9 Å². The minimum absolute atomic E-state index is 0.185. The Hall–Kier alpha value is -3.12. The van der Waals surface area contributed by atoms with E-state index in [1.165, 1.54) is 0 Å². The van der Waals surface area contributed by atoms with Crippen LogP contribution < -0.4 is 10.6 Å². The zero-order chi connectivity index (χ0) is 18.8. The molecule has 0 atom stereocenters. The second-order valence-electron chi connectivity index (χ2n) is 6.39. The van der Waals surface area contributed by atoms with Gasteiger partial charge in [-0.1, -0.05) is 41.9 Å². The molecule has 1 aliphatic rings. The van der Waals surface area contributed by atoms with E-state index in [-0.39, 0.29) is 23.6 Å². The van der Waals surface area contributed by atoms with Crippen molar-refractivity contribution in [3.8, 4) is 11.3 Å². The Bertz CT molecular complexity index is 1010. The molecule has 1 heterocycles. The monoisotopic (exact) mass is 380 g/mol. The lowest BCUT2D eigenvalue weighted by atomic mass is 10.1. The summed E-state index contributed by atoms with van der Waals surface area (Å²) in [6.45, 7) is 0. The molecule has 0 saturated heterocycles. The molecule has 6 nitrogen and oxygen atoms in total. The molecule has 136 valence electrons. The quantitative estimate of drug-likeness (QED) is 0.627. The lowest BCUT2D eigenvalue weighted by molar-refractivity contribution is 0.0952. The molecule has 27 heavy (non-hydrogen) atoms. The zero-order valence-electron chi connectivity index (χ0n) is 14.3. The van der Waals surface area contributed by atoms with Gasteiger partial charge in [0, 0.05) is 11.6 Å². The van der Waals surface area contributed by atoms with Gasteiger partial charge in [0.1, 0.15) is 5.69 Å². The first kappa shape index (κ1) is 17.3. The third-order valence-corrected chi connectivity index (χ3v) is 4.63. The molecule has 2 amide bonds. The van der Waals surface area contributed by atoms with Gasteiger partial charge in [0.05, 0.1) is 22.0 Å². The van der Waals surface area contributed by atoms with Gasteiger partial charge in [-0.05, 0) is 37.1 Å². The van der Waals surface area contributed by atoms with Crippen LogP contribution in [0.5, 0.6) is 0 Å².